The van der Waals surface area contributed by atoms with Crippen LogP contribution in [-0.4, -0.2) is 27.5 Å². The number of benzene rings is 2. The maximum atomic E-state index is 12.5. The molecule has 24 heavy (non-hydrogen) atoms. The molecule has 0 saturated heterocycles. The van der Waals surface area contributed by atoms with Crippen LogP contribution in [0.5, 0.6) is 11.5 Å². The molecule has 0 aliphatic carbocycles. The van der Waals surface area contributed by atoms with Crippen molar-refractivity contribution in [1.82, 2.24) is 0 Å². The van der Waals surface area contributed by atoms with Crippen molar-refractivity contribution >= 4 is 21.6 Å². The highest BCUT2D eigenvalue weighted by atomic mass is 32.2. The minimum absolute atomic E-state index is 0.0609. The van der Waals surface area contributed by atoms with Crippen molar-refractivity contribution in [2.24, 2.45) is 5.73 Å². The molecule has 0 radical (unpaired) electrons. The first-order chi connectivity index (χ1) is 11.5. The molecule has 0 aromatic heterocycles. The molecule has 2 aromatic carbocycles. The zero-order valence-corrected chi connectivity index (χ0v) is 13.5. The maximum absolute atomic E-state index is 12.5. The number of primary amides is 1. The zero-order chi connectivity index (χ0) is 17.2. The lowest BCUT2D eigenvalue weighted by Crippen LogP contribution is -2.14. The first-order valence-corrected chi connectivity index (χ1v) is 8.76. The highest BCUT2D eigenvalue weighted by Crippen LogP contribution is 2.32. The molecule has 0 spiro atoms. The first kappa shape index (κ1) is 16.1. The summed E-state index contributed by atoms with van der Waals surface area (Å²) < 4.78 is 38.4. The van der Waals surface area contributed by atoms with E-state index in [0.717, 1.165) is 6.42 Å². The fourth-order valence-electron chi connectivity index (χ4n) is 2.23. The number of rotatable bonds is 4. The van der Waals surface area contributed by atoms with Gasteiger partial charge in [-0.05, 0) is 36.4 Å². The van der Waals surface area contributed by atoms with Gasteiger partial charge in [-0.25, -0.2) is 8.42 Å². The fraction of sp³-hybridized carbons (Fsp3) is 0.188. The second-order valence-corrected chi connectivity index (χ2v) is 6.89. The summed E-state index contributed by atoms with van der Waals surface area (Å²) in [6, 6.07) is 10.3. The van der Waals surface area contributed by atoms with Crippen LogP contribution in [0.4, 0.5) is 5.69 Å². The van der Waals surface area contributed by atoms with E-state index in [4.69, 9.17) is 15.2 Å². The van der Waals surface area contributed by atoms with Crippen molar-refractivity contribution in [3.63, 3.8) is 0 Å². The number of ether oxygens (including phenoxy) is 2. The molecule has 3 N–H and O–H groups in total. The molecule has 1 amide bonds. The van der Waals surface area contributed by atoms with Gasteiger partial charge in [0, 0.05) is 23.7 Å². The number of carbonyl (C=O) groups is 1. The summed E-state index contributed by atoms with van der Waals surface area (Å²) >= 11 is 0. The van der Waals surface area contributed by atoms with E-state index in [1.165, 1.54) is 36.4 Å². The number of nitrogens with two attached hydrogens (primary N) is 1. The molecule has 1 heterocycles. The lowest BCUT2D eigenvalue weighted by Gasteiger charge is -2.11. The van der Waals surface area contributed by atoms with E-state index in [1.807, 2.05) is 0 Å². The number of carbonyl (C=O) groups excluding carboxylic acids is 1. The minimum atomic E-state index is -3.79. The molecule has 126 valence electrons. The number of sulfonamides is 1. The summed E-state index contributed by atoms with van der Waals surface area (Å²) in [6.45, 7) is 1.00. The van der Waals surface area contributed by atoms with Gasteiger partial charge in [0.2, 0.25) is 5.91 Å². The molecule has 2 aromatic rings. The molecule has 1 aliphatic rings. The Balaban J connectivity index is 1.85. The van der Waals surface area contributed by atoms with E-state index >= 15 is 0 Å². The standard InChI is InChI=1S/C16H16N2O5S/c17-16(19)11-2-4-12(5-3-11)18-24(20,21)13-6-7-14-15(10-13)23-9-1-8-22-14/h2-7,10,18H,1,8-9H2,(H2,17,19). The second kappa shape index (κ2) is 6.40. The summed E-state index contributed by atoms with van der Waals surface area (Å²) in [5.41, 5.74) is 5.78. The van der Waals surface area contributed by atoms with E-state index in [2.05, 4.69) is 4.72 Å². The van der Waals surface area contributed by atoms with Gasteiger partial charge in [0.1, 0.15) is 0 Å². The monoisotopic (exact) mass is 348 g/mol. The fourth-order valence-corrected chi connectivity index (χ4v) is 3.30. The highest BCUT2D eigenvalue weighted by molar-refractivity contribution is 7.92. The van der Waals surface area contributed by atoms with Crippen LogP contribution in [0.1, 0.15) is 16.8 Å². The Bertz CT molecular complexity index is 863. The number of hydrogen-bond donors (Lipinski definition) is 2. The van der Waals surface area contributed by atoms with Gasteiger partial charge in [-0.1, -0.05) is 0 Å². The lowest BCUT2D eigenvalue weighted by molar-refractivity contribution is 0.100. The Hall–Kier alpha value is -2.74. The Morgan fingerprint density at radius 1 is 1.00 bits per heavy atom. The third-order valence-corrected chi connectivity index (χ3v) is 4.83. The summed E-state index contributed by atoms with van der Waals surface area (Å²) in [4.78, 5) is 11.1. The van der Waals surface area contributed by atoms with Crippen molar-refractivity contribution in [3.05, 3.63) is 48.0 Å². The van der Waals surface area contributed by atoms with Crippen LogP contribution in [0.2, 0.25) is 0 Å². The van der Waals surface area contributed by atoms with Crippen LogP contribution in [0.15, 0.2) is 47.4 Å². The Labute approximate surface area is 139 Å². The van der Waals surface area contributed by atoms with Gasteiger partial charge in [-0.2, -0.15) is 0 Å². The molecule has 0 fully saturated rings. The summed E-state index contributed by atoms with van der Waals surface area (Å²) in [7, 11) is -3.79. The van der Waals surface area contributed by atoms with Crippen LogP contribution in [-0.2, 0) is 10.0 Å². The van der Waals surface area contributed by atoms with Gasteiger partial charge in [-0.15, -0.1) is 0 Å². The molecule has 3 rings (SSSR count). The Morgan fingerprint density at radius 2 is 1.67 bits per heavy atom. The maximum Gasteiger partial charge on any atom is 0.262 e. The predicted molar refractivity (Wildman–Crippen MR) is 87.8 cm³/mol. The first-order valence-electron chi connectivity index (χ1n) is 7.28. The van der Waals surface area contributed by atoms with Crippen LogP contribution in [0.25, 0.3) is 0 Å². The number of fused-ring (bicyclic) bond motifs is 1. The summed E-state index contributed by atoms with van der Waals surface area (Å²) in [5.74, 6) is 0.351. The molecule has 0 atom stereocenters. The number of hydrogen-bond acceptors (Lipinski definition) is 5. The summed E-state index contributed by atoms with van der Waals surface area (Å²) in [5, 5.41) is 0. The quantitative estimate of drug-likeness (QED) is 0.875. The molecule has 1 aliphatic heterocycles. The van der Waals surface area contributed by atoms with Crippen LogP contribution in [0.3, 0.4) is 0 Å². The third kappa shape index (κ3) is 3.43. The smallest absolute Gasteiger partial charge is 0.262 e. The molecule has 8 heteroatoms. The number of anilines is 1. The molecular formula is C16H16N2O5S. The van der Waals surface area contributed by atoms with Crippen molar-refractivity contribution in [3.8, 4) is 11.5 Å². The Morgan fingerprint density at radius 3 is 2.33 bits per heavy atom. The van der Waals surface area contributed by atoms with Gasteiger partial charge in [0.15, 0.2) is 11.5 Å². The van der Waals surface area contributed by atoms with E-state index in [9.17, 15) is 13.2 Å². The lowest BCUT2D eigenvalue weighted by atomic mass is 10.2. The minimum Gasteiger partial charge on any atom is -0.490 e. The van der Waals surface area contributed by atoms with Crippen molar-refractivity contribution < 1.29 is 22.7 Å². The van der Waals surface area contributed by atoms with E-state index in [1.54, 1.807) is 6.07 Å². The molecule has 0 unspecified atom stereocenters. The molecule has 0 saturated carbocycles. The van der Waals surface area contributed by atoms with Crippen LogP contribution >= 0.6 is 0 Å². The molecule has 0 bridgehead atoms. The number of amides is 1. The largest absolute Gasteiger partial charge is 0.490 e. The van der Waals surface area contributed by atoms with Gasteiger partial charge in [-0.3, -0.25) is 9.52 Å². The molecular weight excluding hydrogens is 332 g/mol. The average Bonchev–Trinajstić information content (AvgIpc) is 2.79. The number of nitrogens with one attached hydrogen (secondary N) is 1. The highest BCUT2D eigenvalue weighted by Gasteiger charge is 2.19. The summed E-state index contributed by atoms with van der Waals surface area (Å²) in [6.07, 6.45) is 0.737. The second-order valence-electron chi connectivity index (χ2n) is 5.21. The van der Waals surface area contributed by atoms with E-state index < -0.39 is 15.9 Å². The van der Waals surface area contributed by atoms with Crippen molar-refractivity contribution in [2.75, 3.05) is 17.9 Å². The SMILES string of the molecule is NC(=O)c1ccc(NS(=O)(=O)c2ccc3c(c2)OCCCO3)cc1. The van der Waals surface area contributed by atoms with Crippen molar-refractivity contribution in [1.29, 1.82) is 0 Å². The Kier molecular flexibility index (Phi) is 4.30. The van der Waals surface area contributed by atoms with Crippen LogP contribution < -0.4 is 19.9 Å². The van der Waals surface area contributed by atoms with Gasteiger partial charge >= 0.3 is 0 Å². The van der Waals surface area contributed by atoms with E-state index in [0.29, 0.717) is 36.0 Å². The topological polar surface area (TPSA) is 108 Å². The normalized spacial score (nSPS) is 13.8. The zero-order valence-electron chi connectivity index (χ0n) is 12.7. The van der Waals surface area contributed by atoms with Gasteiger partial charge < -0.3 is 15.2 Å². The average molecular weight is 348 g/mol. The van der Waals surface area contributed by atoms with Gasteiger partial charge in [0.25, 0.3) is 10.0 Å². The van der Waals surface area contributed by atoms with Crippen LogP contribution in [0, 0.1) is 0 Å². The van der Waals surface area contributed by atoms with E-state index in [-0.39, 0.29) is 4.90 Å². The molecule has 7 nitrogen and oxygen atoms in total. The third-order valence-electron chi connectivity index (χ3n) is 3.45. The van der Waals surface area contributed by atoms with Gasteiger partial charge in [0.05, 0.1) is 18.1 Å². The predicted octanol–water partition coefficient (Wildman–Crippen LogP) is 1.75. The van der Waals surface area contributed by atoms with Crippen molar-refractivity contribution in [2.45, 2.75) is 11.3 Å².